The summed E-state index contributed by atoms with van der Waals surface area (Å²) in [7, 11) is 1.65. The number of allylic oxidation sites excluding steroid dienone is 1. The summed E-state index contributed by atoms with van der Waals surface area (Å²) < 4.78 is 5.26. The maximum atomic E-state index is 12.2. The van der Waals surface area contributed by atoms with Crippen LogP contribution in [0.5, 0.6) is 5.75 Å². The number of nitrogens with one attached hydrogen (secondary N) is 2. The number of benzene rings is 1. The molecule has 122 valence electrons. The van der Waals surface area contributed by atoms with E-state index in [4.69, 9.17) is 4.74 Å². The second-order valence-electron chi connectivity index (χ2n) is 6.11. The van der Waals surface area contributed by atoms with Gasteiger partial charge in [0.1, 0.15) is 5.75 Å². The van der Waals surface area contributed by atoms with Crippen LogP contribution < -0.4 is 10.1 Å². The lowest BCUT2D eigenvalue weighted by atomic mass is 9.97. The van der Waals surface area contributed by atoms with E-state index >= 15 is 0 Å². The molecule has 2 N–H and O–H groups in total. The van der Waals surface area contributed by atoms with E-state index in [0.29, 0.717) is 6.42 Å². The molecule has 1 aliphatic carbocycles. The Hall–Kier alpha value is -2.23. The largest absolute Gasteiger partial charge is 0.497 e. The van der Waals surface area contributed by atoms with Gasteiger partial charge in [-0.3, -0.25) is 4.79 Å². The van der Waals surface area contributed by atoms with Gasteiger partial charge in [0, 0.05) is 23.6 Å². The van der Waals surface area contributed by atoms with Crippen LogP contribution in [-0.2, 0) is 11.2 Å². The topological polar surface area (TPSA) is 54.1 Å². The normalized spacial score (nSPS) is 14.6. The van der Waals surface area contributed by atoms with Gasteiger partial charge in [0.25, 0.3) is 0 Å². The second-order valence-corrected chi connectivity index (χ2v) is 6.11. The van der Waals surface area contributed by atoms with Crippen LogP contribution in [0.1, 0.15) is 37.7 Å². The van der Waals surface area contributed by atoms with Crippen molar-refractivity contribution in [1.82, 2.24) is 10.3 Å². The van der Waals surface area contributed by atoms with E-state index in [2.05, 4.69) is 16.4 Å². The van der Waals surface area contributed by atoms with Crippen molar-refractivity contribution >= 4 is 16.8 Å². The van der Waals surface area contributed by atoms with Crippen LogP contribution in [0.3, 0.4) is 0 Å². The maximum absolute atomic E-state index is 12.2. The molecule has 23 heavy (non-hydrogen) atoms. The molecule has 4 heteroatoms. The highest BCUT2D eigenvalue weighted by molar-refractivity contribution is 5.89. The van der Waals surface area contributed by atoms with E-state index in [1.54, 1.807) is 7.11 Å². The van der Waals surface area contributed by atoms with Crippen molar-refractivity contribution < 1.29 is 9.53 Å². The fourth-order valence-electron chi connectivity index (χ4n) is 3.16. The lowest BCUT2D eigenvalue weighted by Gasteiger charge is -2.12. The fourth-order valence-corrected chi connectivity index (χ4v) is 3.16. The third kappa shape index (κ3) is 3.95. The van der Waals surface area contributed by atoms with Crippen molar-refractivity contribution in [2.75, 3.05) is 13.7 Å². The zero-order valence-electron chi connectivity index (χ0n) is 13.7. The van der Waals surface area contributed by atoms with E-state index in [0.717, 1.165) is 35.2 Å². The number of aromatic nitrogens is 1. The predicted molar refractivity (Wildman–Crippen MR) is 92.7 cm³/mol. The van der Waals surface area contributed by atoms with E-state index in [1.165, 1.54) is 31.3 Å². The Bertz CT molecular complexity index is 715. The molecule has 0 saturated carbocycles. The monoisotopic (exact) mass is 312 g/mol. The van der Waals surface area contributed by atoms with Crippen molar-refractivity contribution in [1.29, 1.82) is 0 Å². The first kappa shape index (κ1) is 15.7. The van der Waals surface area contributed by atoms with Gasteiger partial charge in [-0.05, 0) is 55.9 Å². The standard InChI is InChI=1S/C19H24N2O2/c1-23-16-7-8-18-17(12-16)15(13-21-18)11-19(22)20-10-9-14-5-3-2-4-6-14/h5,7-8,12-13,21H,2-4,6,9-11H2,1H3,(H,20,22). The number of amides is 1. The van der Waals surface area contributed by atoms with Crippen LogP contribution in [0.15, 0.2) is 36.0 Å². The Morgan fingerprint density at radius 3 is 3.04 bits per heavy atom. The molecule has 0 saturated heterocycles. The minimum atomic E-state index is 0.0742. The van der Waals surface area contributed by atoms with Gasteiger partial charge in [0.15, 0.2) is 0 Å². The summed E-state index contributed by atoms with van der Waals surface area (Å²) in [5.74, 6) is 0.883. The Balaban J connectivity index is 1.56. The Labute approximate surface area is 136 Å². The summed E-state index contributed by atoms with van der Waals surface area (Å²) >= 11 is 0. The number of carbonyl (C=O) groups is 1. The smallest absolute Gasteiger partial charge is 0.224 e. The summed E-state index contributed by atoms with van der Waals surface area (Å²) in [6.45, 7) is 0.732. The maximum Gasteiger partial charge on any atom is 0.224 e. The zero-order chi connectivity index (χ0) is 16.1. The molecule has 1 aromatic carbocycles. The fraction of sp³-hybridized carbons (Fsp3) is 0.421. The van der Waals surface area contributed by atoms with Crippen LogP contribution in [0.25, 0.3) is 10.9 Å². The molecule has 0 unspecified atom stereocenters. The number of rotatable bonds is 6. The highest BCUT2D eigenvalue weighted by atomic mass is 16.5. The zero-order valence-corrected chi connectivity index (χ0v) is 13.7. The molecule has 1 amide bonds. The molecule has 0 radical (unpaired) electrons. The van der Waals surface area contributed by atoms with Crippen molar-refractivity contribution in [3.63, 3.8) is 0 Å². The van der Waals surface area contributed by atoms with Gasteiger partial charge in [0.2, 0.25) is 5.91 Å². The third-order valence-corrected chi connectivity index (χ3v) is 4.48. The number of carbonyl (C=O) groups excluding carboxylic acids is 1. The van der Waals surface area contributed by atoms with Gasteiger partial charge in [-0.2, -0.15) is 0 Å². The minimum absolute atomic E-state index is 0.0742. The first-order valence-electron chi connectivity index (χ1n) is 8.35. The predicted octanol–water partition coefficient (Wildman–Crippen LogP) is 3.73. The Kier molecular flexibility index (Phi) is 5.01. The highest BCUT2D eigenvalue weighted by Gasteiger charge is 2.10. The van der Waals surface area contributed by atoms with Crippen molar-refractivity contribution in [3.05, 3.63) is 41.6 Å². The number of aromatic amines is 1. The summed E-state index contributed by atoms with van der Waals surface area (Å²) in [4.78, 5) is 15.4. The molecule has 1 aliphatic rings. The Morgan fingerprint density at radius 1 is 1.35 bits per heavy atom. The first-order valence-corrected chi connectivity index (χ1v) is 8.35. The molecule has 0 fully saturated rings. The van der Waals surface area contributed by atoms with Gasteiger partial charge in [0.05, 0.1) is 13.5 Å². The van der Waals surface area contributed by atoms with Gasteiger partial charge in [-0.1, -0.05) is 11.6 Å². The van der Waals surface area contributed by atoms with Gasteiger partial charge in [-0.25, -0.2) is 0 Å². The van der Waals surface area contributed by atoms with E-state index in [1.807, 2.05) is 24.4 Å². The molecule has 0 atom stereocenters. The van der Waals surface area contributed by atoms with Crippen molar-refractivity contribution in [3.8, 4) is 5.75 Å². The van der Waals surface area contributed by atoms with Crippen LogP contribution in [-0.4, -0.2) is 24.5 Å². The SMILES string of the molecule is COc1ccc2[nH]cc(CC(=O)NCCC3=CCCCC3)c2c1. The molecule has 0 aliphatic heterocycles. The van der Waals surface area contributed by atoms with Crippen LogP contribution in [0.4, 0.5) is 0 Å². The van der Waals surface area contributed by atoms with Crippen LogP contribution in [0.2, 0.25) is 0 Å². The quantitative estimate of drug-likeness (QED) is 0.799. The average molecular weight is 312 g/mol. The molecule has 1 heterocycles. The molecule has 0 spiro atoms. The van der Waals surface area contributed by atoms with E-state index in [9.17, 15) is 4.79 Å². The number of ether oxygens (including phenoxy) is 1. The van der Waals surface area contributed by atoms with Crippen LogP contribution in [0, 0.1) is 0 Å². The average Bonchev–Trinajstić information content (AvgIpc) is 2.98. The van der Waals surface area contributed by atoms with Gasteiger partial charge < -0.3 is 15.0 Å². The summed E-state index contributed by atoms with van der Waals surface area (Å²) in [5.41, 5.74) is 3.53. The lowest BCUT2D eigenvalue weighted by Crippen LogP contribution is -2.26. The Morgan fingerprint density at radius 2 is 2.26 bits per heavy atom. The van der Waals surface area contributed by atoms with Crippen LogP contribution >= 0.6 is 0 Å². The number of hydrogen-bond acceptors (Lipinski definition) is 2. The summed E-state index contributed by atoms with van der Waals surface area (Å²) in [5, 5.41) is 4.09. The lowest BCUT2D eigenvalue weighted by molar-refractivity contribution is -0.120. The molecular weight excluding hydrogens is 288 g/mol. The van der Waals surface area contributed by atoms with Gasteiger partial charge in [-0.15, -0.1) is 0 Å². The number of hydrogen-bond donors (Lipinski definition) is 2. The summed E-state index contributed by atoms with van der Waals surface area (Å²) in [6.07, 6.45) is 10.6. The second kappa shape index (κ2) is 7.36. The molecular formula is C19H24N2O2. The van der Waals surface area contributed by atoms with E-state index in [-0.39, 0.29) is 5.91 Å². The number of fused-ring (bicyclic) bond motifs is 1. The minimum Gasteiger partial charge on any atom is -0.497 e. The molecule has 2 aromatic rings. The van der Waals surface area contributed by atoms with E-state index < -0.39 is 0 Å². The summed E-state index contributed by atoms with van der Waals surface area (Å²) in [6, 6.07) is 5.87. The molecule has 3 rings (SSSR count). The molecule has 1 aromatic heterocycles. The van der Waals surface area contributed by atoms with Crippen molar-refractivity contribution in [2.24, 2.45) is 0 Å². The third-order valence-electron chi connectivity index (χ3n) is 4.48. The highest BCUT2D eigenvalue weighted by Crippen LogP contribution is 2.24. The van der Waals surface area contributed by atoms with Gasteiger partial charge >= 0.3 is 0 Å². The molecule has 4 nitrogen and oxygen atoms in total. The van der Waals surface area contributed by atoms with Crippen molar-refractivity contribution in [2.45, 2.75) is 38.5 Å². The molecule has 0 bridgehead atoms. The number of H-pyrrole nitrogens is 1. The first-order chi connectivity index (χ1) is 11.3. The number of methoxy groups -OCH3 is 1.